The monoisotopic (exact) mass is 511 g/mol. The summed E-state index contributed by atoms with van der Waals surface area (Å²) in [6.45, 7) is 0.619. The number of amides is 6. The van der Waals surface area contributed by atoms with Crippen LogP contribution in [0.4, 0.5) is 0 Å². The highest BCUT2D eigenvalue weighted by molar-refractivity contribution is 5.96. The van der Waals surface area contributed by atoms with Gasteiger partial charge >= 0.3 is 5.97 Å². The first-order valence-corrected chi connectivity index (χ1v) is 11.7. The summed E-state index contributed by atoms with van der Waals surface area (Å²) in [5.41, 5.74) is 10.1. The lowest BCUT2D eigenvalue weighted by atomic mass is 10.1. The van der Waals surface area contributed by atoms with Gasteiger partial charge < -0.3 is 42.7 Å². The quantitative estimate of drug-likeness (QED) is 0.127. The van der Waals surface area contributed by atoms with E-state index in [1.807, 2.05) is 0 Å². The van der Waals surface area contributed by atoms with Crippen LogP contribution in [0.2, 0.25) is 0 Å². The van der Waals surface area contributed by atoms with Crippen molar-refractivity contribution in [1.82, 2.24) is 26.2 Å². The van der Waals surface area contributed by atoms with E-state index in [1.165, 1.54) is 4.90 Å². The Morgan fingerprint density at radius 2 is 1.69 bits per heavy atom. The highest BCUT2D eigenvalue weighted by atomic mass is 16.4. The van der Waals surface area contributed by atoms with Crippen LogP contribution in [0, 0.1) is 0 Å². The first-order valence-electron chi connectivity index (χ1n) is 11.7. The zero-order valence-electron chi connectivity index (χ0n) is 19.8. The van der Waals surface area contributed by atoms with Crippen LogP contribution in [0.25, 0.3) is 0 Å². The number of rotatable bonds is 13. The third kappa shape index (κ3) is 8.48. The summed E-state index contributed by atoms with van der Waals surface area (Å²) in [6, 6.07) is -4.05. The third-order valence-corrected chi connectivity index (χ3v) is 5.97. The molecule has 4 unspecified atom stereocenters. The predicted molar refractivity (Wildman–Crippen MR) is 123 cm³/mol. The fourth-order valence-corrected chi connectivity index (χ4v) is 4.16. The zero-order valence-corrected chi connectivity index (χ0v) is 19.8. The van der Waals surface area contributed by atoms with E-state index < -0.39 is 66.6 Å². The van der Waals surface area contributed by atoms with Crippen LogP contribution in [0.3, 0.4) is 0 Å². The van der Waals surface area contributed by atoms with Crippen LogP contribution in [0.15, 0.2) is 0 Å². The molecule has 0 aromatic carbocycles. The van der Waals surface area contributed by atoms with E-state index in [9.17, 15) is 38.7 Å². The van der Waals surface area contributed by atoms with Crippen molar-refractivity contribution in [3.8, 4) is 0 Å². The van der Waals surface area contributed by atoms with E-state index in [0.717, 1.165) is 13.0 Å². The molecule has 2 fully saturated rings. The second kappa shape index (κ2) is 13.4. The van der Waals surface area contributed by atoms with Crippen molar-refractivity contribution in [2.75, 3.05) is 19.6 Å². The minimum Gasteiger partial charge on any atom is -0.480 e. The van der Waals surface area contributed by atoms with Gasteiger partial charge in [0.25, 0.3) is 0 Å². The van der Waals surface area contributed by atoms with Crippen molar-refractivity contribution >= 4 is 41.4 Å². The van der Waals surface area contributed by atoms with Gasteiger partial charge in [-0.15, -0.1) is 0 Å². The molecule has 2 heterocycles. The molecule has 2 rings (SSSR count). The van der Waals surface area contributed by atoms with E-state index in [-0.39, 0.29) is 24.8 Å². The van der Waals surface area contributed by atoms with Gasteiger partial charge in [-0.1, -0.05) is 0 Å². The molecule has 2 saturated heterocycles. The Labute approximate surface area is 207 Å². The van der Waals surface area contributed by atoms with Gasteiger partial charge in [0.15, 0.2) is 0 Å². The predicted octanol–water partition coefficient (Wildman–Crippen LogP) is -3.96. The molecule has 6 amide bonds. The Bertz CT molecular complexity index is 889. The molecule has 0 aromatic heterocycles. The summed E-state index contributed by atoms with van der Waals surface area (Å²) >= 11 is 0. The maximum atomic E-state index is 12.7. The van der Waals surface area contributed by atoms with Gasteiger partial charge in [-0.2, -0.15) is 0 Å². The van der Waals surface area contributed by atoms with Gasteiger partial charge in [0.05, 0.1) is 19.0 Å². The number of aliphatic carboxylic acids is 1. The minimum atomic E-state index is -1.51. The van der Waals surface area contributed by atoms with E-state index in [2.05, 4.69) is 21.3 Å². The van der Waals surface area contributed by atoms with Crippen LogP contribution < -0.4 is 32.7 Å². The Kier molecular flexibility index (Phi) is 10.6. The molecule has 0 radical (unpaired) electrons. The summed E-state index contributed by atoms with van der Waals surface area (Å²) in [4.78, 5) is 85.4. The number of carbonyl (C=O) groups excluding carboxylic acids is 6. The lowest BCUT2D eigenvalue weighted by Gasteiger charge is -2.26. The summed E-state index contributed by atoms with van der Waals surface area (Å²) in [7, 11) is 0. The number of hydrogen-bond acceptors (Lipinski definition) is 8. The number of carboxylic acid groups (broad SMARTS) is 1. The average Bonchev–Trinajstić information content (AvgIpc) is 3.51. The van der Waals surface area contributed by atoms with Crippen LogP contribution in [-0.2, 0) is 33.6 Å². The summed E-state index contributed by atoms with van der Waals surface area (Å²) in [5, 5.41) is 19.1. The Balaban J connectivity index is 1.92. The maximum Gasteiger partial charge on any atom is 0.326 e. The molecule has 4 atom stereocenters. The molecule has 2 aliphatic heterocycles. The molecule has 0 bridgehead atoms. The van der Waals surface area contributed by atoms with Crippen LogP contribution in [-0.4, -0.2) is 95.2 Å². The van der Waals surface area contributed by atoms with Gasteiger partial charge in [0, 0.05) is 13.0 Å². The lowest BCUT2D eigenvalue weighted by molar-refractivity contribution is -0.142. The molecule has 2 aliphatic rings. The van der Waals surface area contributed by atoms with Gasteiger partial charge in [0.1, 0.15) is 18.1 Å². The number of primary amides is 2. The van der Waals surface area contributed by atoms with Gasteiger partial charge in [-0.3, -0.25) is 28.8 Å². The molecule has 15 heteroatoms. The zero-order chi connectivity index (χ0) is 26.8. The van der Waals surface area contributed by atoms with E-state index in [1.54, 1.807) is 0 Å². The Morgan fingerprint density at radius 1 is 0.972 bits per heavy atom. The molecular formula is C21H33N7O8. The second-order valence-electron chi connectivity index (χ2n) is 8.75. The molecule has 0 aromatic rings. The average molecular weight is 512 g/mol. The molecule has 9 N–H and O–H groups in total. The lowest BCUT2D eigenvalue weighted by Crippen LogP contribution is -2.55. The standard InChI is InChI=1S/C21H33N7O8/c22-15(29)6-5-12(21(35)36)27-18(32)13(9-16(23)30)26-17(31)10-25-19(33)14-4-2-8-28(14)20(34)11-3-1-7-24-11/h11-14,24H,1-10H2,(H2,22,29)(H2,23,30)(H,25,33)(H,26,31)(H,27,32)(H,35,36). The third-order valence-electron chi connectivity index (χ3n) is 5.97. The number of nitrogens with zero attached hydrogens (tertiary/aromatic N) is 1. The van der Waals surface area contributed by atoms with Crippen LogP contribution >= 0.6 is 0 Å². The molecular weight excluding hydrogens is 478 g/mol. The van der Waals surface area contributed by atoms with Crippen LogP contribution in [0.5, 0.6) is 0 Å². The maximum absolute atomic E-state index is 12.7. The van der Waals surface area contributed by atoms with Gasteiger partial charge in [0.2, 0.25) is 35.4 Å². The highest BCUT2D eigenvalue weighted by Gasteiger charge is 2.38. The topological polar surface area (TPSA) is 243 Å². The molecule has 200 valence electrons. The molecule has 0 aliphatic carbocycles. The van der Waals surface area contributed by atoms with Crippen molar-refractivity contribution in [2.24, 2.45) is 11.5 Å². The number of carboxylic acids is 1. The Morgan fingerprint density at radius 3 is 2.28 bits per heavy atom. The highest BCUT2D eigenvalue weighted by Crippen LogP contribution is 2.20. The van der Waals surface area contributed by atoms with E-state index in [4.69, 9.17) is 11.5 Å². The fraction of sp³-hybridized carbons (Fsp3) is 0.667. The first-order chi connectivity index (χ1) is 17.0. The van der Waals surface area contributed by atoms with Gasteiger partial charge in [-0.25, -0.2) is 4.79 Å². The number of hydrogen-bond donors (Lipinski definition) is 7. The second-order valence-corrected chi connectivity index (χ2v) is 8.75. The molecule has 36 heavy (non-hydrogen) atoms. The van der Waals surface area contributed by atoms with Crippen molar-refractivity contribution in [3.05, 3.63) is 0 Å². The number of nitrogens with two attached hydrogens (primary N) is 2. The number of carbonyl (C=O) groups is 7. The largest absolute Gasteiger partial charge is 0.480 e. The van der Waals surface area contributed by atoms with Crippen molar-refractivity contribution in [3.63, 3.8) is 0 Å². The smallest absolute Gasteiger partial charge is 0.326 e. The minimum absolute atomic E-state index is 0.155. The molecule has 0 spiro atoms. The summed E-state index contributed by atoms with van der Waals surface area (Å²) in [5.74, 6) is -5.67. The first kappa shape index (κ1) is 28.5. The van der Waals surface area contributed by atoms with Crippen molar-refractivity contribution in [1.29, 1.82) is 0 Å². The normalized spacial score (nSPS) is 20.7. The van der Waals surface area contributed by atoms with Crippen LogP contribution in [0.1, 0.15) is 44.9 Å². The molecule has 15 nitrogen and oxygen atoms in total. The summed E-state index contributed by atoms with van der Waals surface area (Å²) < 4.78 is 0. The van der Waals surface area contributed by atoms with E-state index >= 15 is 0 Å². The molecule has 0 saturated carbocycles. The van der Waals surface area contributed by atoms with Gasteiger partial charge in [-0.05, 0) is 38.6 Å². The van der Waals surface area contributed by atoms with Crippen molar-refractivity contribution in [2.45, 2.75) is 69.1 Å². The fourth-order valence-electron chi connectivity index (χ4n) is 4.16. The number of nitrogens with one attached hydrogen (secondary N) is 4. The Hall–Kier alpha value is -3.75. The van der Waals surface area contributed by atoms with Crippen molar-refractivity contribution < 1.29 is 38.7 Å². The summed E-state index contributed by atoms with van der Waals surface area (Å²) in [6.07, 6.45) is 1.42. The SMILES string of the molecule is NC(=O)CCC(NC(=O)C(CC(N)=O)NC(=O)CNC(=O)C1CCCN1C(=O)C1CCCN1)C(=O)O. The number of likely N-dealkylation sites (tertiary alicyclic amines) is 1. The van der Waals surface area contributed by atoms with E-state index in [0.29, 0.717) is 25.8 Å².